The van der Waals surface area contributed by atoms with Gasteiger partial charge in [0.15, 0.2) is 5.84 Å². The number of anilines is 1. The van der Waals surface area contributed by atoms with Gasteiger partial charge in [-0.3, -0.25) is 4.79 Å². The van der Waals surface area contributed by atoms with Gasteiger partial charge in [0.2, 0.25) is 5.91 Å². The van der Waals surface area contributed by atoms with Crippen molar-refractivity contribution in [3.63, 3.8) is 0 Å². The van der Waals surface area contributed by atoms with E-state index in [1.165, 1.54) is 12.8 Å². The van der Waals surface area contributed by atoms with Crippen molar-refractivity contribution in [3.05, 3.63) is 42.2 Å². The van der Waals surface area contributed by atoms with E-state index in [1.807, 2.05) is 51.2 Å². The molecular formula is C23H33N5O. The zero-order valence-electron chi connectivity index (χ0n) is 18.4. The van der Waals surface area contributed by atoms with Crippen LogP contribution < -0.4 is 4.90 Å². The molecule has 1 aromatic heterocycles. The second kappa shape index (κ2) is 8.80. The fraction of sp³-hybridized carbons (Fsp3) is 0.522. The zero-order valence-corrected chi connectivity index (χ0v) is 18.4. The van der Waals surface area contributed by atoms with Crippen LogP contribution in [0.15, 0.2) is 41.7 Å². The highest BCUT2D eigenvalue weighted by Gasteiger charge is 2.42. The standard InChI is InChI=1S/C23H33N5O/c1-7-19-22(25-16(3)17-13-14-24-21(15-17)26(4)5)28(18-11-9-10-12-18)20(8-2)23(29)27(19)6/h7,13-15,18,20H,3,8-12H2,1-2,4-6H3/b19-7+,25-22?. The molecule has 2 heterocycles. The summed E-state index contributed by atoms with van der Waals surface area (Å²) in [7, 11) is 5.78. The Labute approximate surface area is 174 Å². The van der Waals surface area contributed by atoms with Gasteiger partial charge in [0.05, 0.1) is 11.4 Å². The minimum Gasteiger partial charge on any atom is -0.363 e. The number of hydrogen-bond donors (Lipinski definition) is 0. The van der Waals surface area contributed by atoms with Crippen LogP contribution in [-0.4, -0.2) is 59.8 Å². The van der Waals surface area contributed by atoms with Gasteiger partial charge in [-0.2, -0.15) is 0 Å². The van der Waals surface area contributed by atoms with Crippen LogP contribution in [0.2, 0.25) is 0 Å². The lowest BCUT2D eigenvalue weighted by molar-refractivity contribution is -0.134. The SMILES string of the molecule is C=C(N=C1/C(=C\C)N(C)C(=O)C(CC)N1C1CCCC1)c1ccnc(N(C)C)c1. The van der Waals surface area contributed by atoms with Gasteiger partial charge in [-0.15, -0.1) is 0 Å². The molecular weight excluding hydrogens is 362 g/mol. The van der Waals surface area contributed by atoms with Gasteiger partial charge in [-0.05, 0) is 38.3 Å². The molecule has 2 fully saturated rings. The first-order valence-corrected chi connectivity index (χ1v) is 10.5. The Morgan fingerprint density at radius 1 is 1.38 bits per heavy atom. The smallest absolute Gasteiger partial charge is 0.249 e. The van der Waals surface area contributed by atoms with Crippen molar-refractivity contribution >= 4 is 23.3 Å². The molecule has 1 saturated heterocycles. The Morgan fingerprint density at radius 3 is 2.66 bits per heavy atom. The first-order chi connectivity index (χ1) is 13.9. The number of piperazine rings is 1. The Bertz CT molecular complexity index is 835. The number of likely N-dealkylation sites (N-methyl/N-ethyl adjacent to an activating group) is 1. The number of allylic oxidation sites excluding steroid dienone is 1. The summed E-state index contributed by atoms with van der Waals surface area (Å²) >= 11 is 0. The van der Waals surface area contributed by atoms with E-state index in [9.17, 15) is 4.79 Å². The largest absolute Gasteiger partial charge is 0.363 e. The Hall–Kier alpha value is -2.63. The van der Waals surface area contributed by atoms with Crippen molar-refractivity contribution in [3.8, 4) is 0 Å². The average molecular weight is 396 g/mol. The van der Waals surface area contributed by atoms with Crippen molar-refractivity contribution in [2.24, 2.45) is 4.99 Å². The van der Waals surface area contributed by atoms with Gasteiger partial charge in [0.1, 0.15) is 11.9 Å². The molecule has 1 aromatic rings. The topological polar surface area (TPSA) is 52.0 Å². The number of amides is 1. The minimum absolute atomic E-state index is 0.149. The van der Waals surface area contributed by atoms with E-state index in [0.717, 1.165) is 42.2 Å². The molecule has 1 atom stereocenters. The number of carbonyl (C=O) groups is 1. The second-order valence-corrected chi connectivity index (χ2v) is 8.02. The van der Waals surface area contributed by atoms with Crippen molar-refractivity contribution in [1.29, 1.82) is 0 Å². The van der Waals surface area contributed by atoms with E-state index in [2.05, 4.69) is 23.4 Å². The van der Waals surface area contributed by atoms with Crippen LogP contribution in [-0.2, 0) is 4.79 Å². The third-order valence-electron chi connectivity index (χ3n) is 5.94. The molecule has 6 nitrogen and oxygen atoms in total. The third-order valence-corrected chi connectivity index (χ3v) is 5.94. The van der Waals surface area contributed by atoms with E-state index >= 15 is 0 Å². The maximum absolute atomic E-state index is 13.1. The zero-order chi connectivity index (χ0) is 21.1. The average Bonchev–Trinajstić information content (AvgIpc) is 3.25. The van der Waals surface area contributed by atoms with E-state index < -0.39 is 0 Å². The highest BCUT2D eigenvalue weighted by molar-refractivity contribution is 6.09. The number of amidine groups is 1. The molecule has 29 heavy (non-hydrogen) atoms. The number of carbonyl (C=O) groups excluding carboxylic acids is 1. The van der Waals surface area contributed by atoms with E-state index in [4.69, 9.17) is 4.99 Å². The van der Waals surface area contributed by atoms with Crippen molar-refractivity contribution in [2.45, 2.75) is 58.0 Å². The van der Waals surface area contributed by atoms with Crippen LogP contribution in [0.4, 0.5) is 5.82 Å². The van der Waals surface area contributed by atoms with Gasteiger partial charge in [-0.25, -0.2) is 9.98 Å². The third kappa shape index (κ3) is 4.07. The Morgan fingerprint density at radius 2 is 2.07 bits per heavy atom. The van der Waals surface area contributed by atoms with E-state index in [1.54, 1.807) is 11.1 Å². The van der Waals surface area contributed by atoms with Gasteiger partial charge in [0.25, 0.3) is 0 Å². The second-order valence-electron chi connectivity index (χ2n) is 8.02. The van der Waals surface area contributed by atoms with Gasteiger partial charge in [0, 0.05) is 38.9 Å². The van der Waals surface area contributed by atoms with Gasteiger partial charge >= 0.3 is 0 Å². The van der Waals surface area contributed by atoms with Crippen LogP contribution in [0.1, 0.15) is 51.5 Å². The van der Waals surface area contributed by atoms with E-state index in [0.29, 0.717) is 11.7 Å². The summed E-state index contributed by atoms with van der Waals surface area (Å²) in [5.41, 5.74) is 2.48. The Balaban J connectivity index is 2.06. The molecule has 1 amide bonds. The highest BCUT2D eigenvalue weighted by atomic mass is 16.2. The molecule has 1 aliphatic carbocycles. The molecule has 0 radical (unpaired) electrons. The summed E-state index contributed by atoms with van der Waals surface area (Å²) in [6, 6.07) is 4.11. The summed E-state index contributed by atoms with van der Waals surface area (Å²) in [6.45, 7) is 8.30. The normalized spacial score (nSPS) is 23.3. The molecule has 0 bridgehead atoms. The molecule has 1 aliphatic heterocycles. The molecule has 2 aliphatic rings. The monoisotopic (exact) mass is 395 g/mol. The van der Waals surface area contributed by atoms with Crippen molar-refractivity contribution in [2.75, 3.05) is 26.0 Å². The summed E-state index contributed by atoms with van der Waals surface area (Å²) in [5.74, 6) is 1.88. The lowest BCUT2D eigenvalue weighted by atomic mass is 10.0. The molecule has 6 heteroatoms. The minimum atomic E-state index is -0.173. The predicted octanol–water partition coefficient (Wildman–Crippen LogP) is 3.92. The van der Waals surface area contributed by atoms with Gasteiger partial charge < -0.3 is 14.7 Å². The predicted molar refractivity (Wildman–Crippen MR) is 120 cm³/mol. The first kappa shape index (κ1) is 21.1. The number of nitrogens with zero attached hydrogens (tertiary/aromatic N) is 5. The lowest BCUT2D eigenvalue weighted by Crippen LogP contribution is -2.60. The van der Waals surface area contributed by atoms with Crippen molar-refractivity contribution in [1.82, 2.24) is 14.8 Å². The molecule has 1 unspecified atom stereocenters. The molecule has 0 spiro atoms. The fourth-order valence-corrected chi connectivity index (χ4v) is 4.34. The number of aromatic nitrogens is 1. The van der Waals surface area contributed by atoms with Crippen LogP contribution in [0.25, 0.3) is 5.70 Å². The Kier molecular flexibility index (Phi) is 6.40. The summed E-state index contributed by atoms with van der Waals surface area (Å²) in [6.07, 6.45) is 9.16. The van der Waals surface area contributed by atoms with Crippen LogP contribution in [0.5, 0.6) is 0 Å². The molecule has 3 rings (SSSR count). The lowest BCUT2D eigenvalue weighted by Gasteiger charge is -2.45. The molecule has 0 N–H and O–H groups in total. The van der Waals surface area contributed by atoms with Crippen LogP contribution >= 0.6 is 0 Å². The number of hydrogen-bond acceptors (Lipinski definition) is 4. The quantitative estimate of drug-likeness (QED) is 0.758. The maximum Gasteiger partial charge on any atom is 0.249 e. The number of aliphatic imine (C=N–C) groups is 1. The summed E-state index contributed by atoms with van der Waals surface area (Å²) in [4.78, 5) is 28.5. The number of pyridine rings is 1. The molecule has 1 saturated carbocycles. The summed E-state index contributed by atoms with van der Waals surface area (Å²) in [5, 5.41) is 0. The first-order valence-electron chi connectivity index (χ1n) is 10.5. The van der Waals surface area contributed by atoms with Crippen LogP contribution in [0.3, 0.4) is 0 Å². The van der Waals surface area contributed by atoms with Crippen molar-refractivity contribution < 1.29 is 4.79 Å². The van der Waals surface area contributed by atoms with Crippen LogP contribution in [0, 0.1) is 0 Å². The maximum atomic E-state index is 13.1. The summed E-state index contributed by atoms with van der Waals surface area (Å²) < 4.78 is 0. The van der Waals surface area contributed by atoms with Gasteiger partial charge in [-0.1, -0.05) is 32.4 Å². The molecule has 156 valence electrons. The fourth-order valence-electron chi connectivity index (χ4n) is 4.34. The highest BCUT2D eigenvalue weighted by Crippen LogP contribution is 2.33. The number of rotatable bonds is 5. The van der Waals surface area contributed by atoms with E-state index in [-0.39, 0.29) is 11.9 Å². The molecule has 0 aromatic carbocycles.